The van der Waals surface area contributed by atoms with E-state index in [2.05, 4.69) is 12.2 Å². The lowest BCUT2D eigenvalue weighted by molar-refractivity contribution is -0.134. The van der Waals surface area contributed by atoms with Crippen LogP contribution < -0.4 is 5.32 Å². The molecule has 3 nitrogen and oxygen atoms in total. The van der Waals surface area contributed by atoms with Gasteiger partial charge in [0.15, 0.2) is 6.29 Å². The Bertz CT molecular complexity index is 161. The van der Waals surface area contributed by atoms with E-state index >= 15 is 0 Å². The van der Waals surface area contributed by atoms with E-state index in [1.807, 2.05) is 13.8 Å². The summed E-state index contributed by atoms with van der Waals surface area (Å²) in [6, 6.07) is 0.589. The molecule has 0 aromatic carbocycles. The molecule has 1 aliphatic carbocycles. The van der Waals surface area contributed by atoms with Gasteiger partial charge < -0.3 is 14.8 Å². The lowest BCUT2D eigenvalue weighted by atomic mass is 10.00. The zero-order valence-electron chi connectivity index (χ0n) is 11.0. The summed E-state index contributed by atoms with van der Waals surface area (Å²) in [5.41, 5.74) is 0. The Hall–Kier alpha value is -0.120. The van der Waals surface area contributed by atoms with Gasteiger partial charge in [-0.15, -0.1) is 0 Å². The molecular weight excluding hydrogens is 202 g/mol. The Labute approximate surface area is 99.9 Å². The highest BCUT2D eigenvalue weighted by Crippen LogP contribution is 2.27. The topological polar surface area (TPSA) is 30.5 Å². The van der Waals surface area contributed by atoms with Gasteiger partial charge in [-0.1, -0.05) is 12.8 Å². The van der Waals surface area contributed by atoms with E-state index in [9.17, 15) is 0 Å². The molecule has 0 aromatic rings. The number of hydrogen-bond acceptors (Lipinski definition) is 3. The van der Waals surface area contributed by atoms with Crippen molar-refractivity contribution in [2.24, 2.45) is 5.92 Å². The van der Waals surface area contributed by atoms with Gasteiger partial charge in [0.1, 0.15) is 0 Å². The molecule has 16 heavy (non-hydrogen) atoms. The van der Waals surface area contributed by atoms with Crippen molar-refractivity contribution in [2.45, 2.75) is 58.8 Å². The molecule has 0 bridgehead atoms. The van der Waals surface area contributed by atoms with E-state index in [-0.39, 0.29) is 6.29 Å². The maximum absolute atomic E-state index is 5.51. The maximum Gasteiger partial charge on any atom is 0.169 e. The predicted octanol–water partition coefficient (Wildman–Crippen LogP) is 2.55. The fourth-order valence-corrected chi connectivity index (χ4v) is 2.44. The minimum absolute atomic E-state index is 0.0844. The second-order valence-corrected chi connectivity index (χ2v) is 4.58. The molecule has 1 fully saturated rings. The average molecular weight is 229 g/mol. The zero-order valence-corrected chi connectivity index (χ0v) is 11.0. The first kappa shape index (κ1) is 13.9. The summed E-state index contributed by atoms with van der Waals surface area (Å²) in [5.74, 6) is 0.851. The summed E-state index contributed by atoms with van der Waals surface area (Å²) >= 11 is 0. The van der Waals surface area contributed by atoms with Crippen molar-refractivity contribution in [3.8, 4) is 0 Å². The number of nitrogens with one attached hydrogen (secondary N) is 1. The Morgan fingerprint density at radius 3 is 2.19 bits per heavy atom. The molecule has 0 heterocycles. The van der Waals surface area contributed by atoms with Crippen molar-refractivity contribution < 1.29 is 9.47 Å². The van der Waals surface area contributed by atoms with Crippen molar-refractivity contribution in [1.29, 1.82) is 0 Å². The molecule has 0 radical (unpaired) electrons. The van der Waals surface area contributed by atoms with E-state index < -0.39 is 0 Å². The van der Waals surface area contributed by atoms with Crippen molar-refractivity contribution in [3.63, 3.8) is 0 Å². The Morgan fingerprint density at radius 1 is 1.12 bits per heavy atom. The Morgan fingerprint density at radius 2 is 1.69 bits per heavy atom. The third kappa shape index (κ3) is 4.81. The van der Waals surface area contributed by atoms with Crippen molar-refractivity contribution in [1.82, 2.24) is 5.32 Å². The molecule has 1 saturated carbocycles. The smallest absolute Gasteiger partial charge is 0.169 e. The molecule has 0 aromatic heterocycles. The molecule has 1 atom stereocenters. The van der Waals surface area contributed by atoms with Crippen LogP contribution in [0.25, 0.3) is 0 Å². The first-order valence-electron chi connectivity index (χ1n) is 6.74. The molecule has 0 aliphatic heterocycles. The summed E-state index contributed by atoms with van der Waals surface area (Å²) in [6.45, 7) is 8.53. The first-order valence-corrected chi connectivity index (χ1v) is 6.74. The second kappa shape index (κ2) is 8.04. The SMILES string of the molecule is CCOC(CNC(C)C1CCCC1)OCC. The van der Waals surface area contributed by atoms with Crippen LogP contribution in [0, 0.1) is 5.92 Å². The normalized spacial score (nSPS) is 19.5. The molecular formula is C13H27NO2. The summed E-state index contributed by atoms with van der Waals surface area (Å²) in [7, 11) is 0. The monoisotopic (exact) mass is 229 g/mol. The zero-order chi connectivity index (χ0) is 11.8. The van der Waals surface area contributed by atoms with Crippen molar-refractivity contribution >= 4 is 0 Å². The number of rotatable bonds is 8. The quantitative estimate of drug-likeness (QED) is 0.649. The predicted molar refractivity (Wildman–Crippen MR) is 66.5 cm³/mol. The van der Waals surface area contributed by atoms with Crippen LogP contribution >= 0.6 is 0 Å². The van der Waals surface area contributed by atoms with Crippen molar-refractivity contribution in [3.05, 3.63) is 0 Å². The van der Waals surface area contributed by atoms with Gasteiger partial charge in [-0.3, -0.25) is 0 Å². The fourth-order valence-electron chi connectivity index (χ4n) is 2.44. The third-order valence-corrected chi connectivity index (χ3v) is 3.42. The lowest BCUT2D eigenvalue weighted by Gasteiger charge is -2.24. The van der Waals surface area contributed by atoms with Gasteiger partial charge in [0.2, 0.25) is 0 Å². The van der Waals surface area contributed by atoms with E-state index in [0.29, 0.717) is 19.3 Å². The first-order chi connectivity index (χ1) is 7.77. The third-order valence-electron chi connectivity index (χ3n) is 3.42. The van der Waals surface area contributed by atoms with Gasteiger partial charge in [0, 0.05) is 25.8 Å². The summed E-state index contributed by atoms with van der Waals surface area (Å²) in [6.07, 6.45) is 5.47. The van der Waals surface area contributed by atoms with E-state index in [0.717, 1.165) is 12.5 Å². The molecule has 3 heteroatoms. The Balaban J connectivity index is 2.18. The summed E-state index contributed by atoms with van der Waals surface area (Å²) < 4.78 is 11.0. The van der Waals surface area contributed by atoms with Gasteiger partial charge in [-0.05, 0) is 39.5 Å². The van der Waals surface area contributed by atoms with Crippen LogP contribution in [0.5, 0.6) is 0 Å². The summed E-state index contributed by atoms with van der Waals surface area (Å²) in [5, 5.41) is 3.54. The highest BCUT2D eigenvalue weighted by molar-refractivity contribution is 4.77. The second-order valence-electron chi connectivity index (χ2n) is 4.58. The number of hydrogen-bond donors (Lipinski definition) is 1. The highest BCUT2D eigenvalue weighted by atomic mass is 16.7. The van der Waals surface area contributed by atoms with Crippen LogP contribution in [0.15, 0.2) is 0 Å². The lowest BCUT2D eigenvalue weighted by Crippen LogP contribution is -2.39. The molecule has 1 N–H and O–H groups in total. The fraction of sp³-hybridized carbons (Fsp3) is 1.00. The summed E-state index contributed by atoms with van der Waals surface area (Å²) in [4.78, 5) is 0. The van der Waals surface area contributed by atoms with Crippen LogP contribution in [0.1, 0.15) is 46.5 Å². The van der Waals surface area contributed by atoms with Gasteiger partial charge in [-0.2, -0.15) is 0 Å². The van der Waals surface area contributed by atoms with Crippen LogP contribution in [-0.2, 0) is 9.47 Å². The van der Waals surface area contributed by atoms with Crippen LogP contribution in [0.4, 0.5) is 0 Å². The molecule has 0 saturated heterocycles. The van der Waals surface area contributed by atoms with Gasteiger partial charge >= 0.3 is 0 Å². The van der Waals surface area contributed by atoms with Gasteiger partial charge in [0.05, 0.1) is 0 Å². The molecule has 1 unspecified atom stereocenters. The van der Waals surface area contributed by atoms with E-state index in [1.165, 1.54) is 25.7 Å². The van der Waals surface area contributed by atoms with Crippen LogP contribution in [-0.4, -0.2) is 32.1 Å². The number of ether oxygens (including phenoxy) is 2. The standard InChI is InChI=1S/C13H27NO2/c1-4-15-13(16-5-2)10-14-11(3)12-8-6-7-9-12/h11-14H,4-10H2,1-3H3. The van der Waals surface area contributed by atoms with Gasteiger partial charge in [0.25, 0.3) is 0 Å². The molecule has 1 rings (SSSR count). The average Bonchev–Trinajstić information content (AvgIpc) is 2.79. The Kier molecular flexibility index (Phi) is 7.01. The molecule has 0 spiro atoms. The minimum atomic E-state index is -0.0844. The maximum atomic E-state index is 5.51. The highest BCUT2D eigenvalue weighted by Gasteiger charge is 2.21. The molecule has 96 valence electrons. The van der Waals surface area contributed by atoms with Crippen molar-refractivity contribution in [2.75, 3.05) is 19.8 Å². The van der Waals surface area contributed by atoms with Gasteiger partial charge in [-0.25, -0.2) is 0 Å². The van der Waals surface area contributed by atoms with E-state index in [1.54, 1.807) is 0 Å². The van der Waals surface area contributed by atoms with Crippen LogP contribution in [0.2, 0.25) is 0 Å². The molecule has 1 aliphatic rings. The van der Waals surface area contributed by atoms with E-state index in [4.69, 9.17) is 9.47 Å². The minimum Gasteiger partial charge on any atom is -0.352 e. The molecule has 0 amide bonds. The van der Waals surface area contributed by atoms with Crippen LogP contribution in [0.3, 0.4) is 0 Å². The largest absolute Gasteiger partial charge is 0.352 e.